The van der Waals surface area contributed by atoms with Gasteiger partial charge in [0.1, 0.15) is 0 Å². The van der Waals surface area contributed by atoms with Crippen LogP contribution in [0.2, 0.25) is 0 Å². The lowest BCUT2D eigenvalue weighted by Gasteiger charge is -2.47. The highest BCUT2D eigenvalue weighted by Crippen LogP contribution is 2.45. The molecule has 258 valence electrons. The summed E-state index contributed by atoms with van der Waals surface area (Å²) in [5, 5.41) is 5.84. The highest BCUT2D eigenvalue weighted by Gasteiger charge is 2.46. The van der Waals surface area contributed by atoms with Crippen molar-refractivity contribution in [1.82, 2.24) is 9.97 Å². The summed E-state index contributed by atoms with van der Waals surface area (Å²) in [7, 11) is 6.66. The summed E-state index contributed by atoms with van der Waals surface area (Å²) < 4.78 is 0. The van der Waals surface area contributed by atoms with Gasteiger partial charge in [-0.15, -0.1) is 0 Å². The lowest BCUT2D eigenvalue weighted by molar-refractivity contribution is 1.15. The number of nitrogens with zero attached hydrogens (tertiary/aromatic N) is 5. The third kappa shape index (κ3) is 4.14. The van der Waals surface area contributed by atoms with Crippen LogP contribution in [-0.2, 0) is 0 Å². The van der Waals surface area contributed by atoms with Gasteiger partial charge in [0, 0.05) is 77.8 Å². The highest BCUT2D eigenvalue weighted by molar-refractivity contribution is 7.02. The summed E-state index contributed by atoms with van der Waals surface area (Å²) in [5.41, 5.74) is 18.5. The molecule has 0 atom stereocenters. The summed E-state index contributed by atoms with van der Waals surface area (Å²) in [6, 6.07) is 53.0. The van der Waals surface area contributed by atoms with Crippen molar-refractivity contribution in [2.24, 2.45) is 0 Å². The van der Waals surface area contributed by atoms with Gasteiger partial charge in [-0.1, -0.05) is 97.1 Å². The minimum Gasteiger partial charge on any atom is -0.345 e. The minimum atomic E-state index is 0.197. The summed E-state index contributed by atoms with van der Waals surface area (Å²) in [6.45, 7) is 0.197. The quantitative estimate of drug-likeness (QED) is 0.135. The first kappa shape index (κ1) is 30.5. The zero-order valence-corrected chi connectivity index (χ0v) is 30.7. The molecule has 0 saturated carbocycles. The highest BCUT2D eigenvalue weighted by atomic mass is 15.2. The van der Waals surface area contributed by atoms with Gasteiger partial charge in [-0.2, -0.15) is 0 Å². The van der Waals surface area contributed by atoms with Crippen LogP contribution in [0.25, 0.3) is 66.1 Å². The lowest BCUT2D eigenvalue weighted by Crippen LogP contribution is -2.65. The van der Waals surface area contributed by atoms with Gasteiger partial charge in [0.25, 0.3) is 6.71 Å². The van der Waals surface area contributed by atoms with Crippen molar-refractivity contribution in [3.8, 4) is 33.6 Å². The third-order valence-corrected chi connectivity index (χ3v) is 12.4. The van der Waals surface area contributed by atoms with Crippen LogP contribution >= 0.6 is 0 Å². The summed E-state index contributed by atoms with van der Waals surface area (Å²) in [5.74, 6) is 0.728. The van der Waals surface area contributed by atoms with Crippen molar-refractivity contribution in [2.45, 2.75) is 0 Å². The molecule has 4 heterocycles. The number of anilines is 6. The predicted molar refractivity (Wildman–Crippen MR) is 233 cm³/mol. The van der Waals surface area contributed by atoms with Crippen LogP contribution in [0, 0.1) is 0 Å². The molecule has 0 unspecified atom stereocenters. The molecule has 0 saturated heterocycles. The number of fused-ring (bicyclic) bond motifs is 6. The van der Waals surface area contributed by atoms with Crippen molar-refractivity contribution in [3.63, 3.8) is 0 Å². The molecule has 0 spiro atoms. The molecule has 6 heteroatoms. The van der Waals surface area contributed by atoms with Crippen LogP contribution in [0.3, 0.4) is 0 Å². The molecule has 3 aliphatic rings. The zero-order valence-electron chi connectivity index (χ0n) is 30.7. The van der Waals surface area contributed by atoms with E-state index in [2.05, 4.69) is 181 Å². The Morgan fingerprint density at radius 3 is 1.38 bits per heavy atom. The van der Waals surface area contributed by atoms with Crippen molar-refractivity contribution in [3.05, 3.63) is 152 Å². The van der Waals surface area contributed by atoms with Crippen molar-refractivity contribution >= 4 is 89.7 Å². The van der Waals surface area contributed by atoms with E-state index < -0.39 is 0 Å². The van der Waals surface area contributed by atoms with Crippen molar-refractivity contribution in [2.75, 3.05) is 35.8 Å². The molecule has 55 heavy (non-hydrogen) atoms. The molecule has 0 aliphatic carbocycles. The van der Waals surface area contributed by atoms with Gasteiger partial charge in [0.2, 0.25) is 0 Å². The fraction of sp³-hybridized carbons (Fsp3) is 0.0612. The van der Waals surface area contributed by atoms with Crippen LogP contribution < -0.4 is 31.1 Å². The van der Waals surface area contributed by atoms with E-state index in [9.17, 15) is 0 Å². The first-order valence-corrected chi connectivity index (χ1v) is 19.0. The Morgan fingerprint density at radius 2 is 0.800 bits per heavy atom. The van der Waals surface area contributed by atoms with Crippen molar-refractivity contribution in [1.29, 1.82) is 0 Å². The molecule has 3 aliphatic heterocycles. The lowest BCUT2D eigenvalue weighted by atomic mass is 9.32. The van der Waals surface area contributed by atoms with E-state index in [1.807, 2.05) is 6.20 Å². The van der Waals surface area contributed by atoms with Gasteiger partial charge in [-0.3, -0.25) is 0 Å². The molecular formula is C49H34BN5. The summed E-state index contributed by atoms with van der Waals surface area (Å²) in [4.78, 5) is 17.4. The Balaban J connectivity index is 0.975. The second-order valence-electron chi connectivity index (χ2n) is 15.2. The van der Waals surface area contributed by atoms with Crippen molar-refractivity contribution < 1.29 is 0 Å². The van der Waals surface area contributed by atoms with Crippen LogP contribution in [0.15, 0.2) is 152 Å². The Kier molecular flexibility index (Phi) is 6.14. The van der Waals surface area contributed by atoms with E-state index in [0.29, 0.717) is 0 Å². The Morgan fingerprint density at radius 1 is 0.382 bits per heavy atom. The zero-order chi connectivity index (χ0) is 36.5. The number of aromatic nitrogens is 2. The molecule has 5 nitrogen and oxygen atoms in total. The maximum Gasteiger partial charge on any atom is 0.257 e. The number of hydrogen-bond donors (Lipinski definition) is 0. The van der Waals surface area contributed by atoms with Crippen LogP contribution in [-0.4, -0.2) is 37.8 Å². The largest absolute Gasteiger partial charge is 0.345 e. The van der Waals surface area contributed by atoms with Crippen LogP contribution in [0.1, 0.15) is 0 Å². The first-order chi connectivity index (χ1) is 27.0. The molecule has 0 N–H and O–H groups in total. The molecule has 12 rings (SSSR count). The fourth-order valence-electron chi connectivity index (χ4n) is 9.82. The molecule has 0 radical (unpaired) electrons. The van der Waals surface area contributed by atoms with Crippen LogP contribution in [0.5, 0.6) is 0 Å². The van der Waals surface area contributed by atoms with Gasteiger partial charge in [-0.05, 0) is 103 Å². The van der Waals surface area contributed by atoms with Gasteiger partial charge in [0.15, 0.2) is 5.82 Å². The minimum absolute atomic E-state index is 0.197. The normalized spacial score (nSPS) is 13.6. The van der Waals surface area contributed by atoms with Gasteiger partial charge in [0.05, 0.1) is 5.52 Å². The number of hydrogen-bond acceptors (Lipinski definition) is 5. The number of benzene rings is 8. The Labute approximate surface area is 319 Å². The Hall–Kier alpha value is -6.92. The van der Waals surface area contributed by atoms with Gasteiger partial charge < -0.3 is 14.7 Å². The monoisotopic (exact) mass is 703 g/mol. The average molecular weight is 704 g/mol. The maximum atomic E-state index is 5.23. The number of rotatable bonds is 3. The Bertz CT molecular complexity index is 3020. The standard InChI is InChI=1S/C49H34BN5/c1-53-39-20-10-22-41-45(39)50-46-40(53)21-11-23-42(46)55(3)44-27-33(26-43(47(44)50)54(41)2)31-14-8-12-29(24-31)30-13-9-15-32(25-30)49-51-28-38-36-18-5-4-16-34(36)35-17-6-7-19-37(35)48(38)52-49/h4-28H,1-3H3. The van der Waals surface area contributed by atoms with E-state index in [4.69, 9.17) is 9.97 Å². The van der Waals surface area contributed by atoms with Crippen LogP contribution in [0.4, 0.5) is 34.1 Å². The molecule has 0 fully saturated rings. The van der Waals surface area contributed by atoms with E-state index in [1.165, 1.54) is 77.8 Å². The molecule has 8 aromatic carbocycles. The molecule has 9 aromatic rings. The molecule has 0 amide bonds. The third-order valence-electron chi connectivity index (χ3n) is 12.4. The van der Waals surface area contributed by atoms with E-state index in [-0.39, 0.29) is 6.71 Å². The van der Waals surface area contributed by atoms with E-state index >= 15 is 0 Å². The van der Waals surface area contributed by atoms with Gasteiger partial charge in [-0.25, -0.2) is 9.97 Å². The average Bonchev–Trinajstić information content (AvgIpc) is 3.25. The van der Waals surface area contributed by atoms with E-state index in [0.717, 1.165) is 38.8 Å². The fourth-order valence-corrected chi connectivity index (χ4v) is 9.82. The molecule has 0 bridgehead atoms. The van der Waals surface area contributed by atoms with E-state index in [1.54, 1.807) is 0 Å². The summed E-state index contributed by atoms with van der Waals surface area (Å²) >= 11 is 0. The second kappa shape index (κ2) is 11.1. The van der Waals surface area contributed by atoms with Gasteiger partial charge >= 0.3 is 0 Å². The second-order valence-corrected chi connectivity index (χ2v) is 15.2. The molecular weight excluding hydrogens is 669 g/mol. The summed E-state index contributed by atoms with van der Waals surface area (Å²) in [6.07, 6.45) is 2.00. The maximum absolute atomic E-state index is 5.23. The topological polar surface area (TPSA) is 35.5 Å². The molecule has 1 aromatic heterocycles. The SMILES string of the molecule is CN1c2cccc3c2B2c4c1cccc4N(C)c1cc(-c4cccc(-c5cccc(-c6ncc7c8ccccc8c8ccccc8c7n6)c5)c4)cc(c12)N3C. The first-order valence-electron chi connectivity index (χ1n) is 19.0. The predicted octanol–water partition coefficient (Wildman–Crippen LogP) is 9.70. The smallest absolute Gasteiger partial charge is 0.257 e.